The van der Waals surface area contributed by atoms with E-state index < -0.39 is 18.1 Å². The normalized spacial score (nSPS) is 14.5. The molecule has 1 aliphatic rings. The number of halogens is 2. The maximum Gasteiger partial charge on any atom is 0.411 e. The second kappa shape index (κ2) is 8.10. The number of amides is 1. The minimum Gasteiger partial charge on any atom is -0.479 e. The smallest absolute Gasteiger partial charge is 0.411 e. The molecule has 136 valence electrons. The standard InChI is InChI=1S/C19H17BrClNO4/c20-13-6-9-15(16(21)10-13)17(18(23)24)22(14-7-8-14)19(25)26-11-12-4-2-1-3-5-12/h1-6,9-10,14,17H,7-8,11H2,(H,23,24). The summed E-state index contributed by atoms with van der Waals surface area (Å²) in [4.78, 5) is 25.9. The van der Waals surface area contributed by atoms with Crippen molar-refractivity contribution in [1.82, 2.24) is 4.90 Å². The van der Waals surface area contributed by atoms with Gasteiger partial charge in [0.25, 0.3) is 0 Å². The Morgan fingerprint density at radius 1 is 1.23 bits per heavy atom. The Bertz CT molecular complexity index is 810. The summed E-state index contributed by atoms with van der Waals surface area (Å²) in [6.07, 6.45) is 0.847. The van der Waals surface area contributed by atoms with Crippen LogP contribution in [0.2, 0.25) is 5.02 Å². The number of carboxylic acids is 1. The largest absolute Gasteiger partial charge is 0.479 e. The Balaban J connectivity index is 1.84. The highest BCUT2D eigenvalue weighted by molar-refractivity contribution is 9.10. The second-order valence-electron chi connectivity index (χ2n) is 6.09. The molecule has 1 unspecified atom stereocenters. The molecule has 0 heterocycles. The molecule has 2 aromatic rings. The average Bonchev–Trinajstić information content (AvgIpc) is 3.44. The second-order valence-corrected chi connectivity index (χ2v) is 7.41. The van der Waals surface area contributed by atoms with Gasteiger partial charge in [-0.05, 0) is 30.5 Å². The highest BCUT2D eigenvalue weighted by atomic mass is 79.9. The monoisotopic (exact) mass is 437 g/mol. The molecular weight excluding hydrogens is 422 g/mol. The van der Waals surface area contributed by atoms with Gasteiger partial charge in [0.15, 0.2) is 6.04 Å². The molecule has 1 saturated carbocycles. The third-order valence-electron chi connectivity index (χ3n) is 4.13. The van der Waals surface area contributed by atoms with E-state index in [0.29, 0.717) is 5.56 Å². The van der Waals surface area contributed by atoms with Crippen molar-refractivity contribution < 1.29 is 19.4 Å². The lowest BCUT2D eigenvalue weighted by atomic mass is 10.1. The van der Waals surface area contributed by atoms with Crippen molar-refractivity contribution in [2.24, 2.45) is 0 Å². The van der Waals surface area contributed by atoms with E-state index in [-0.39, 0.29) is 17.7 Å². The van der Waals surface area contributed by atoms with Gasteiger partial charge in [-0.25, -0.2) is 9.59 Å². The van der Waals surface area contributed by atoms with Crippen LogP contribution in [0.25, 0.3) is 0 Å². The Hall–Kier alpha value is -2.05. The third-order valence-corrected chi connectivity index (χ3v) is 4.95. The number of carbonyl (C=O) groups is 2. The number of ether oxygens (including phenoxy) is 1. The van der Waals surface area contributed by atoms with E-state index >= 15 is 0 Å². The van der Waals surface area contributed by atoms with Crippen LogP contribution < -0.4 is 0 Å². The zero-order valence-corrected chi connectivity index (χ0v) is 16.1. The molecule has 2 aromatic carbocycles. The maximum atomic E-state index is 12.7. The first-order chi connectivity index (χ1) is 12.5. The van der Waals surface area contributed by atoms with Crippen LogP contribution >= 0.6 is 27.5 Å². The third kappa shape index (κ3) is 4.37. The number of carbonyl (C=O) groups excluding carboxylic acids is 1. The SMILES string of the molecule is O=C(O)C(c1ccc(Br)cc1Cl)N(C(=O)OCc1ccccc1)C1CC1. The molecule has 1 fully saturated rings. The van der Waals surface area contributed by atoms with Gasteiger partial charge in [-0.2, -0.15) is 0 Å². The Morgan fingerprint density at radius 3 is 2.50 bits per heavy atom. The van der Waals surface area contributed by atoms with Crippen molar-refractivity contribution in [2.45, 2.75) is 31.5 Å². The fourth-order valence-corrected chi connectivity index (χ4v) is 3.51. The van der Waals surface area contributed by atoms with Crippen molar-refractivity contribution in [3.8, 4) is 0 Å². The molecule has 5 nitrogen and oxygen atoms in total. The molecule has 7 heteroatoms. The number of rotatable bonds is 6. The summed E-state index contributed by atoms with van der Waals surface area (Å²) in [5.41, 5.74) is 1.20. The van der Waals surface area contributed by atoms with Crippen LogP contribution in [0.15, 0.2) is 53.0 Å². The van der Waals surface area contributed by atoms with Crippen LogP contribution in [0.5, 0.6) is 0 Å². The molecule has 0 saturated heterocycles. The number of hydrogen-bond acceptors (Lipinski definition) is 3. The summed E-state index contributed by atoms with van der Waals surface area (Å²) >= 11 is 9.55. The van der Waals surface area contributed by atoms with Gasteiger partial charge in [0.2, 0.25) is 0 Å². The van der Waals surface area contributed by atoms with Gasteiger partial charge in [-0.15, -0.1) is 0 Å². The molecule has 0 spiro atoms. The molecule has 1 amide bonds. The van der Waals surface area contributed by atoms with E-state index in [2.05, 4.69) is 15.9 Å². The van der Waals surface area contributed by atoms with Crippen molar-refractivity contribution in [1.29, 1.82) is 0 Å². The lowest BCUT2D eigenvalue weighted by Crippen LogP contribution is -2.41. The molecule has 3 rings (SSSR count). The van der Waals surface area contributed by atoms with Crippen LogP contribution in [0, 0.1) is 0 Å². The Labute approximate surface area is 164 Å². The van der Waals surface area contributed by atoms with E-state index in [0.717, 1.165) is 22.9 Å². The maximum absolute atomic E-state index is 12.7. The van der Waals surface area contributed by atoms with E-state index in [9.17, 15) is 14.7 Å². The van der Waals surface area contributed by atoms with Crippen LogP contribution in [-0.2, 0) is 16.1 Å². The predicted octanol–water partition coefficient (Wildman–Crippen LogP) is 5.03. The fraction of sp³-hybridized carbons (Fsp3) is 0.263. The molecule has 1 N–H and O–H groups in total. The van der Waals surface area contributed by atoms with Crippen LogP contribution in [0.3, 0.4) is 0 Å². The Morgan fingerprint density at radius 2 is 1.92 bits per heavy atom. The van der Waals surface area contributed by atoms with E-state index in [1.54, 1.807) is 18.2 Å². The van der Waals surface area contributed by atoms with Gasteiger partial charge < -0.3 is 9.84 Å². The molecule has 0 bridgehead atoms. The number of hydrogen-bond donors (Lipinski definition) is 1. The average molecular weight is 439 g/mol. The zero-order chi connectivity index (χ0) is 18.7. The summed E-state index contributed by atoms with van der Waals surface area (Å²) in [5.74, 6) is -1.14. The highest BCUT2D eigenvalue weighted by Gasteiger charge is 2.43. The van der Waals surface area contributed by atoms with Gasteiger partial charge in [0, 0.05) is 21.1 Å². The first-order valence-electron chi connectivity index (χ1n) is 8.14. The van der Waals surface area contributed by atoms with Crippen molar-refractivity contribution >= 4 is 39.6 Å². The minimum absolute atomic E-state index is 0.0866. The van der Waals surface area contributed by atoms with Crippen LogP contribution in [0.4, 0.5) is 4.79 Å². The van der Waals surface area contributed by atoms with E-state index in [1.165, 1.54) is 4.90 Å². The molecular formula is C19H17BrClNO4. The molecule has 26 heavy (non-hydrogen) atoms. The van der Waals surface area contributed by atoms with Gasteiger partial charge in [-0.3, -0.25) is 4.90 Å². The van der Waals surface area contributed by atoms with Crippen molar-refractivity contribution in [2.75, 3.05) is 0 Å². The topological polar surface area (TPSA) is 66.8 Å². The van der Waals surface area contributed by atoms with Crippen LogP contribution in [-0.4, -0.2) is 28.1 Å². The van der Waals surface area contributed by atoms with Gasteiger partial charge in [0.05, 0.1) is 0 Å². The summed E-state index contributed by atoms with van der Waals surface area (Å²) in [5, 5.41) is 10.1. The number of carboxylic acid groups (broad SMARTS) is 1. The highest BCUT2D eigenvalue weighted by Crippen LogP contribution is 2.38. The fourth-order valence-electron chi connectivity index (χ4n) is 2.74. The van der Waals surface area contributed by atoms with Crippen molar-refractivity contribution in [3.05, 3.63) is 69.2 Å². The minimum atomic E-state index is -1.19. The molecule has 1 atom stereocenters. The van der Waals surface area contributed by atoms with Gasteiger partial charge in [-0.1, -0.05) is 63.9 Å². The quantitative estimate of drug-likeness (QED) is 0.687. The summed E-state index contributed by atoms with van der Waals surface area (Å²) in [6, 6.07) is 12.9. The molecule has 0 aliphatic heterocycles. The van der Waals surface area contributed by atoms with Crippen molar-refractivity contribution in [3.63, 3.8) is 0 Å². The van der Waals surface area contributed by atoms with Crippen LogP contribution in [0.1, 0.15) is 30.0 Å². The first-order valence-corrected chi connectivity index (χ1v) is 9.31. The summed E-state index contributed by atoms with van der Waals surface area (Å²) < 4.78 is 6.12. The number of benzene rings is 2. The molecule has 0 radical (unpaired) electrons. The molecule has 1 aliphatic carbocycles. The predicted molar refractivity (Wildman–Crippen MR) is 101 cm³/mol. The Kier molecular flexibility index (Phi) is 5.84. The summed E-state index contributed by atoms with van der Waals surface area (Å²) in [7, 11) is 0. The lowest BCUT2D eigenvalue weighted by Gasteiger charge is -2.29. The first kappa shape index (κ1) is 18.7. The number of nitrogens with zero attached hydrogens (tertiary/aromatic N) is 1. The molecule has 0 aromatic heterocycles. The van der Waals surface area contributed by atoms with Gasteiger partial charge in [0.1, 0.15) is 6.61 Å². The summed E-state index contributed by atoms with van der Waals surface area (Å²) in [6.45, 7) is 0.0866. The lowest BCUT2D eigenvalue weighted by molar-refractivity contribution is -0.143. The number of aliphatic carboxylic acids is 1. The van der Waals surface area contributed by atoms with E-state index in [1.807, 2.05) is 30.3 Å². The van der Waals surface area contributed by atoms with Gasteiger partial charge >= 0.3 is 12.1 Å². The zero-order valence-electron chi connectivity index (χ0n) is 13.8. The van der Waals surface area contributed by atoms with E-state index in [4.69, 9.17) is 16.3 Å².